The molecule has 0 aliphatic rings. The van der Waals surface area contributed by atoms with Crippen LogP contribution in [0.3, 0.4) is 0 Å². The first-order valence-electron chi connectivity index (χ1n) is 21.3. The van der Waals surface area contributed by atoms with Gasteiger partial charge in [-0.25, -0.2) is 0 Å². The molecule has 9 N–H and O–H groups in total. The summed E-state index contributed by atoms with van der Waals surface area (Å²) in [6, 6.07) is 4.79. The summed E-state index contributed by atoms with van der Waals surface area (Å²) in [4.78, 5) is 129. The van der Waals surface area contributed by atoms with E-state index in [0.717, 1.165) is 0 Å². The summed E-state index contributed by atoms with van der Waals surface area (Å²) in [6.07, 6.45) is -9.49. The Morgan fingerprint density at radius 1 is 0.657 bits per heavy atom. The molecule has 0 fully saturated rings. The van der Waals surface area contributed by atoms with Crippen molar-refractivity contribution in [1.29, 1.82) is 0 Å². The van der Waals surface area contributed by atoms with Crippen LogP contribution in [0.5, 0.6) is 0 Å². The lowest BCUT2D eigenvalue weighted by molar-refractivity contribution is -0.147. The zero-order chi connectivity index (χ0) is 50.6. The second-order valence-electron chi connectivity index (χ2n) is 17.3. The van der Waals surface area contributed by atoms with Crippen LogP contribution in [-0.4, -0.2) is 119 Å². The topological polar surface area (TPSA) is 295 Å². The van der Waals surface area contributed by atoms with Crippen molar-refractivity contribution < 1.29 is 71.3 Å². The number of amides is 7. The van der Waals surface area contributed by atoms with Crippen molar-refractivity contribution in [3.63, 3.8) is 0 Å². The summed E-state index contributed by atoms with van der Waals surface area (Å²) < 4.78 is 39.2. The summed E-state index contributed by atoms with van der Waals surface area (Å²) in [5.41, 5.74) is 0.383. The maximum absolute atomic E-state index is 14.3. The van der Waals surface area contributed by atoms with Gasteiger partial charge in [0.15, 0.2) is 0 Å². The van der Waals surface area contributed by atoms with Crippen molar-refractivity contribution in [2.24, 2.45) is 11.3 Å². The summed E-state index contributed by atoms with van der Waals surface area (Å²) in [5, 5.41) is 35.7. The average molecular weight is 948 g/mol. The standard InChI is InChI=1S/C45H60F3N7O12/c1-25(2)20-31(40(64)50-29(24-56)23-45(46,47)48)54-43(67)37(44(4,5)6)55-42(66)32(21-28-15-11-10-12-26(28)3)53-39(63)30(16-17-35(58)59)52-41(65)33(22-36(60)61)51-34(57)18-19-49-38(62)27-13-8-7-9-14-27/h7-15,24-25,29-33,37H,16-23H2,1-6H3,(H,49,62)(H,50,64)(H,51,57)(H,52,65)(H,53,63)(H,54,67)(H,55,66)(H,58,59)(H,60,61)/t29-,30-,31-,32-,33-,37+/m0/s1. The minimum Gasteiger partial charge on any atom is -0.481 e. The molecule has 0 aliphatic heterocycles. The molecule has 7 amide bonds. The predicted molar refractivity (Wildman–Crippen MR) is 235 cm³/mol. The molecule has 0 aliphatic carbocycles. The number of aryl methyl sites for hydroxylation is 1. The van der Waals surface area contributed by atoms with E-state index in [9.17, 15) is 71.3 Å². The van der Waals surface area contributed by atoms with Crippen LogP contribution in [0.4, 0.5) is 13.2 Å². The van der Waals surface area contributed by atoms with E-state index in [1.165, 1.54) is 12.1 Å². The molecule has 19 nitrogen and oxygen atoms in total. The number of benzene rings is 2. The molecule has 6 atom stereocenters. The fraction of sp³-hybridized carbons (Fsp3) is 0.511. The first-order chi connectivity index (χ1) is 31.2. The second-order valence-corrected chi connectivity index (χ2v) is 17.3. The molecule has 2 aromatic carbocycles. The fourth-order valence-corrected chi connectivity index (χ4v) is 6.52. The van der Waals surface area contributed by atoms with Gasteiger partial charge in [0.25, 0.3) is 5.91 Å². The van der Waals surface area contributed by atoms with Crippen LogP contribution in [0.15, 0.2) is 54.6 Å². The molecule has 0 bridgehead atoms. The Kier molecular flexibility index (Phi) is 22.1. The van der Waals surface area contributed by atoms with Crippen LogP contribution < -0.4 is 37.2 Å². The van der Waals surface area contributed by atoms with E-state index in [4.69, 9.17) is 0 Å². The Bertz CT molecular complexity index is 2080. The van der Waals surface area contributed by atoms with Gasteiger partial charge >= 0.3 is 18.1 Å². The number of hydrogen-bond donors (Lipinski definition) is 9. The minimum absolute atomic E-state index is 0.0798. The summed E-state index contributed by atoms with van der Waals surface area (Å²) in [5.74, 6) is -9.87. The fourth-order valence-electron chi connectivity index (χ4n) is 6.52. The van der Waals surface area contributed by atoms with E-state index < -0.39 is 127 Å². The number of alkyl halides is 3. The molecule has 2 aromatic rings. The van der Waals surface area contributed by atoms with Crippen molar-refractivity contribution in [3.8, 4) is 0 Å². The quantitative estimate of drug-likeness (QED) is 0.0611. The van der Waals surface area contributed by atoms with Gasteiger partial charge < -0.3 is 52.2 Å². The lowest BCUT2D eigenvalue weighted by Gasteiger charge is -2.34. The van der Waals surface area contributed by atoms with Gasteiger partial charge in [0, 0.05) is 31.4 Å². The highest BCUT2D eigenvalue weighted by atomic mass is 19.4. The predicted octanol–water partition coefficient (Wildman–Crippen LogP) is 1.85. The molecule has 0 saturated carbocycles. The van der Waals surface area contributed by atoms with E-state index in [0.29, 0.717) is 16.7 Å². The zero-order valence-electron chi connectivity index (χ0n) is 38.1. The largest absolute Gasteiger partial charge is 0.481 e. The number of carboxylic acid groups (broad SMARTS) is 2. The van der Waals surface area contributed by atoms with Gasteiger partial charge in [0.05, 0.1) is 18.9 Å². The minimum atomic E-state index is -4.80. The van der Waals surface area contributed by atoms with E-state index >= 15 is 0 Å². The van der Waals surface area contributed by atoms with E-state index in [1.807, 2.05) is 5.32 Å². The van der Waals surface area contributed by atoms with Gasteiger partial charge in [-0.15, -0.1) is 0 Å². The van der Waals surface area contributed by atoms with Crippen molar-refractivity contribution in [2.75, 3.05) is 6.54 Å². The molecule has 368 valence electrons. The number of carboxylic acids is 2. The SMILES string of the molecule is Cc1ccccc1C[C@H](NC(=O)[C@H](CCC(=O)O)NC(=O)[C@H](CC(=O)O)NC(=O)CCNC(=O)c1ccccc1)C(=O)N[C@H](C(=O)N[C@@H](CC(C)C)C(=O)N[C@H](C=O)CC(F)(F)F)C(C)(C)C. The van der Waals surface area contributed by atoms with Crippen molar-refractivity contribution in [1.82, 2.24) is 37.2 Å². The number of aliphatic carboxylic acids is 2. The Labute approximate surface area is 385 Å². The van der Waals surface area contributed by atoms with Gasteiger partial charge in [-0.1, -0.05) is 77.1 Å². The zero-order valence-corrected chi connectivity index (χ0v) is 38.1. The third-order valence-corrected chi connectivity index (χ3v) is 10.0. The molecule has 22 heteroatoms. The van der Waals surface area contributed by atoms with Crippen LogP contribution in [0.1, 0.15) is 94.6 Å². The number of carbonyl (C=O) groups excluding carboxylic acids is 8. The third kappa shape index (κ3) is 20.9. The number of nitrogens with one attached hydrogen (secondary N) is 7. The summed E-state index contributed by atoms with van der Waals surface area (Å²) >= 11 is 0. The summed E-state index contributed by atoms with van der Waals surface area (Å²) in [6.45, 7) is 9.53. The molecule has 0 aromatic heterocycles. The number of hydrogen-bond acceptors (Lipinski definition) is 10. The van der Waals surface area contributed by atoms with Gasteiger partial charge in [0.1, 0.15) is 36.5 Å². The van der Waals surface area contributed by atoms with Gasteiger partial charge in [-0.3, -0.25) is 43.2 Å². The molecule has 0 radical (unpaired) electrons. The van der Waals surface area contributed by atoms with Crippen molar-refractivity contribution in [3.05, 3.63) is 71.3 Å². The first-order valence-corrected chi connectivity index (χ1v) is 21.3. The highest BCUT2D eigenvalue weighted by Crippen LogP contribution is 2.23. The molecule has 0 saturated heterocycles. The molecule has 0 heterocycles. The summed E-state index contributed by atoms with van der Waals surface area (Å²) in [7, 11) is 0. The maximum Gasteiger partial charge on any atom is 0.391 e. The van der Waals surface area contributed by atoms with Gasteiger partial charge in [-0.05, 0) is 54.4 Å². The Balaban J connectivity index is 2.41. The van der Waals surface area contributed by atoms with E-state index in [-0.39, 0.29) is 38.0 Å². The normalized spacial score (nSPS) is 14.1. The van der Waals surface area contributed by atoms with Crippen LogP contribution in [0.25, 0.3) is 0 Å². The van der Waals surface area contributed by atoms with Crippen molar-refractivity contribution in [2.45, 2.75) is 129 Å². The van der Waals surface area contributed by atoms with Crippen LogP contribution in [0.2, 0.25) is 0 Å². The van der Waals surface area contributed by atoms with Crippen LogP contribution in [-0.2, 0) is 49.6 Å². The smallest absolute Gasteiger partial charge is 0.391 e. The monoisotopic (exact) mass is 947 g/mol. The number of carbonyl (C=O) groups is 10. The number of halogens is 3. The maximum atomic E-state index is 14.3. The number of aldehydes is 1. The average Bonchev–Trinajstić information content (AvgIpc) is 3.22. The van der Waals surface area contributed by atoms with Gasteiger partial charge in [-0.2, -0.15) is 13.2 Å². The Morgan fingerprint density at radius 2 is 1.21 bits per heavy atom. The second kappa shape index (κ2) is 26.3. The number of rotatable bonds is 26. The van der Waals surface area contributed by atoms with Gasteiger partial charge in [0.2, 0.25) is 35.4 Å². The van der Waals surface area contributed by atoms with Crippen molar-refractivity contribution >= 4 is 59.6 Å². The lowest BCUT2D eigenvalue weighted by atomic mass is 9.85. The highest BCUT2D eigenvalue weighted by molar-refractivity contribution is 5.98. The third-order valence-electron chi connectivity index (χ3n) is 10.0. The highest BCUT2D eigenvalue weighted by Gasteiger charge is 2.39. The Hall–Kier alpha value is -6.87. The molecular formula is C45H60F3N7O12. The molecule has 0 spiro atoms. The lowest BCUT2D eigenvalue weighted by Crippen LogP contribution is -2.62. The van der Waals surface area contributed by atoms with Crippen LogP contribution in [0, 0.1) is 18.3 Å². The van der Waals surface area contributed by atoms with Crippen LogP contribution >= 0.6 is 0 Å². The molecular weight excluding hydrogens is 888 g/mol. The Morgan fingerprint density at radius 3 is 1.76 bits per heavy atom. The first kappa shape index (κ1) is 56.3. The van der Waals surface area contributed by atoms with E-state index in [2.05, 4.69) is 31.9 Å². The molecule has 2 rings (SSSR count). The molecule has 0 unspecified atom stereocenters. The van der Waals surface area contributed by atoms with E-state index in [1.54, 1.807) is 84.0 Å². The molecule has 67 heavy (non-hydrogen) atoms.